The normalized spacial score (nSPS) is 14.6. The van der Waals surface area contributed by atoms with Crippen LogP contribution in [0.3, 0.4) is 0 Å². The zero-order valence-corrected chi connectivity index (χ0v) is 66.9. The molecular weight excluding hydrogens is 1290 g/mol. The first kappa shape index (κ1) is 97.1. The van der Waals surface area contributed by atoms with E-state index in [1.807, 2.05) is 0 Å². The third kappa shape index (κ3) is 71.5. The summed E-state index contributed by atoms with van der Waals surface area (Å²) < 4.78 is 68.6. The lowest BCUT2D eigenvalue weighted by Gasteiger charge is -2.21. The molecule has 588 valence electrons. The van der Waals surface area contributed by atoms with Gasteiger partial charge in [-0.05, 0) is 49.4 Å². The van der Waals surface area contributed by atoms with Crippen molar-refractivity contribution >= 4 is 39.5 Å². The van der Waals surface area contributed by atoms with Gasteiger partial charge in [0.2, 0.25) is 0 Å². The molecule has 0 fully saturated rings. The molecule has 99 heavy (non-hydrogen) atoms. The van der Waals surface area contributed by atoms with Crippen molar-refractivity contribution in [3.63, 3.8) is 0 Å². The predicted octanol–water partition coefficient (Wildman–Crippen LogP) is 23.6. The zero-order chi connectivity index (χ0) is 73.1. The van der Waals surface area contributed by atoms with E-state index in [9.17, 15) is 43.2 Å². The van der Waals surface area contributed by atoms with Crippen LogP contribution in [-0.4, -0.2) is 96.7 Å². The number of phosphoric acid groups is 2. The van der Waals surface area contributed by atoms with Crippen molar-refractivity contribution in [1.29, 1.82) is 0 Å². The second kappa shape index (κ2) is 69.1. The van der Waals surface area contributed by atoms with Crippen molar-refractivity contribution in [2.45, 2.75) is 427 Å². The number of aliphatic hydroxyl groups excluding tert-OH is 1. The third-order valence-corrected chi connectivity index (χ3v) is 21.2. The molecule has 19 heteroatoms. The molecule has 0 aliphatic carbocycles. The van der Waals surface area contributed by atoms with E-state index in [1.165, 1.54) is 199 Å². The fourth-order valence-corrected chi connectivity index (χ4v) is 13.8. The monoisotopic (exact) mass is 1450 g/mol. The van der Waals surface area contributed by atoms with Crippen LogP contribution in [-0.2, 0) is 65.4 Å². The number of carbonyl (C=O) groups excluding carboxylic acids is 4. The van der Waals surface area contributed by atoms with Crippen LogP contribution >= 0.6 is 15.6 Å². The summed E-state index contributed by atoms with van der Waals surface area (Å²) in [5, 5.41) is 10.6. The summed E-state index contributed by atoms with van der Waals surface area (Å²) in [6.07, 6.45) is 55.8. The average Bonchev–Trinajstić information content (AvgIpc) is 1.77. The largest absolute Gasteiger partial charge is 0.472 e. The summed E-state index contributed by atoms with van der Waals surface area (Å²) in [6, 6.07) is 0. The molecule has 0 rings (SSSR count). The number of rotatable bonds is 77. The van der Waals surface area contributed by atoms with Crippen LogP contribution in [0.4, 0.5) is 0 Å². The van der Waals surface area contributed by atoms with Gasteiger partial charge in [-0.1, -0.05) is 357 Å². The number of phosphoric ester groups is 2. The highest BCUT2D eigenvalue weighted by atomic mass is 31.2. The minimum absolute atomic E-state index is 0.106. The first-order chi connectivity index (χ1) is 47.7. The van der Waals surface area contributed by atoms with Crippen LogP contribution in [0.2, 0.25) is 0 Å². The summed E-state index contributed by atoms with van der Waals surface area (Å²) in [7, 11) is -9.92. The van der Waals surface area contributed by atoms with Crippen molar-refractivity contribution in [2.75, 3.05) is 39.6 Å². The molecule has 0 aromatic carbocycles. The summed E-state index contributed by atoms with van der Waals surface area (Å²) in [5.74, 6) is 0.964. The number of ether oxygens (including phenoxy) is 4. The van der Waals surface area contributed by atoms with E-state index < -0.39 is 97.5 Å². The van der Waals surface area contributed by atoms with E-state index >= 15 is 0 Å². The Bertz CT molecular complexity index is 1940. The second-order valence-corrected chi connectivity index (χ2v) is 33.1. The molecule has 0 aromatic heterocycles. The van der Waals surface area contributed by atoms with Crippen LogP contribution in [0.5, 0.6) is 0 Å². The second-order valence-electron chi connectivity index (χ2n) is 30.2. The summed E-state index contributed by atoms with van der Waals surface area (Å²) >= 11 is 0. The topological polar surface area (TPSA) is 237 Å². The summed E-state index contributed by atoms with van der Waals surface area (Å²) in [5.41, 5.74) is 0. The molecule has 0 radical (unpaired) electrons. The Morgan fingerprint density at radius 2 is 0.485 bits per heavy atom. The highest BCUT2D eigenvalue weighted by molar-refractivity contribution is 7.47. The Labute approximate surface area is 607 Å². The molecule has 0 spiro atoms. The molecule has 0 aromatic rings. The molecule has 0 saturated heterocycles. The number of hydrogen-bond donors (Lipinski definition) is 3. The maximum Gasteiger partial charge on any atom is 0.472 e. The average molecular weight is 1450 g/mol. The fourth-order valence-electron chi connectivity index (χ4n) is 12.2. The predicted molar refractivity (Wildman–Crippen MR) is 404 cm³/mol. The van der Waals surface area contributed by atoms with Gasteiger partial charge in [-0.3, -0.25) is 37.3 Å². The lowest BCUT2D eigenvalue weighted by Crippen LogP contribution is -2.30. The van der Waals surface area contributed by atoms with Gasteiger partial charge in [0.1, 0.15) is 19.3 Å². The van der Waals surface area contributed by atoms with E-state index in [2.05, 4.69) is 55.4 Å². The van der Waals surface area contributed by atoms with Crippen molar-refractivity contribution in [3.8, 4) is 0 Å². The molecule has 0 heterocycles. The Balaban J connectivity index is 5.14. The van der Waals surface area contributed by atoms with Gasteiger partial charge in [-0.25, -0.2) is 9.13 Å². The Hall–Kier alpha value is -1.94. The Morgan fingerprint density at radius 1 is 0.283 bits per heavy atom. The van der Waals surface area contributed by atoms with E-state index in [0.717, 1.165) is 120 Å². The van der Waals surface area contributed by atoms with Crippen molar-refractivity contribution < 1.29 is 80.2 Å². The SMILES string of the molecule is CCC(C)CCCCCCCCCCCCCCCCCCCCC(=O)O[C@H](COC(=O)CCCCCCCCC(C)CC)COP(=O)(O)OCC(O)COP(=O)(O)OC[C@@H](COC(=O)CCCCCCCCC(C)C)OC(=O)CCCCCCCCCCCCCCCCCC(C)C. The van der Waals surface area contributed by atoms with Crippen molar-refractivity contribution in [1.82, 2.24) is 0 Å². The highest BCUT2D eigenvalue weighted by Gasteiger charge is 2.30. The first-order valence-electron chi connectivity index (χ1n) is 41.3. The molecule has 7 atom stereocenters. The number of esters is 4. The Morgan fingerprint density at radius 3 is 0.717 bits per heavy atom. The van der Waals surface area contributed by atoms with Crippen LogP contribution in [0.15, 0.2) is 0 Å². The highest BCUT2D eigenvalue weighted by Crippen LogP contribution is 2.45. The van der Waals surface area contributed by atoms with Crippen molar-refractivity contribution in [3.05, 3.63) is 0 Å². The van der Waals surface area contributed by atoms with Gasteiger partial charge < -0.3 is 33.8 Å². The van der Waals surface area contributed by atoms with Gasteiger partial charge in [0, 0.05) is 25.7 Å². The molecule has 3 N–H and O–H groups in total. The van der Waals surface area contributed by atoms with Gasteiger partial charge in [-0.2, -0.15) is 0 Å². The molecular formula is C80H156O17P2. The smallest absolute Gasteiger partial charge is 0.462 e. The maximum absolute atomic E-state index is 13.1. The molecule has 0 aliphatic rings. The van der Waals surface area contributed by atoms with Gasteiger partial charge in [-0.15, -0.1) is 0 Å². The van der Waals surface area contributed by atoms with E-state index in [-0.39, 0.29) is 25.7 Å². The van der Waals surface area contributed by atoms with E-state index in [4.69, 9.17) is 37.0 Å². The zero-order valence-electron chi connectivity index (χ0n) is 65.1. The van der Waals surface area contributed by atoms with Crippen LogP contribution in [0.1, 0.15) is 409 Å². The standard InChI is InChI=1S/C80H156O17P2/c1-9-72(7)58-50-42-33-29-25-21-17-13-11-12-14-18-22-26-30-34-46-54-63-80(85)97-76(67-91-78(83)61-53-45-39-37-43-51-59-73(8)10-2)69-95-99(88,89)93-65-74(81)64-92-98(86,87)94-68-75(66-90-77(82)60-52-44-38-36-41-49-57-71(5)6)96-79(84)62-55-47-35-31-27-23-19-15-16-20-24-28-32-40-48-56-70(3)4/h70-76,81H,9-69H2,1-8H3,(H,86,87)(H,88,89)/t72?,73?,74?,75-,76-/m1/s1. The number of aliphatic hydroxyl groups is 1. The van der Waals surface area contributed by atoms with Crippen molar-refractivity contribution in [2.24, 2.45) is 23.7 Å². The van der Waals surface area contributed by atoms with Gasteiger partial charge in [0.05, 0.1) is 26.4 Å². The van der Waals surface area contributed by atoms with E-state index in [1.54, 1.807) is 0 Å². The summed E-state index contributed by atoms with van der Waals surface area (Å²) in [6.45, 7) is 14.2. The maximum atomic E-state index is 13.1. The number of carbonyl (C=O) groups is 4. The van der Waals surface area contributed by atoms with Crippen LogP contribution in [0, 0.1) is 23.7 Å². The fraction of sp³-hybridized carbons (Fsp3) is 0.950. The van der Waals surface area contributed by atoms with Gasteiger partial charge in [0.15, 0.2) is 12.2 Å². The minimum atomic E-state index is -4.96. The molecule has 0 amide bonds. The van der Waals surface area contributed by atoms with E-state index in [0.29, 0.717) is 31.6 Å². The minimum Gasteiger partial charge on any atom is -0.462 e. The molecule has 5 unspecified atom stereocenters. The molecule has 17 nitrogen and oxygen atoms in total. The quantitative estimate of drug-likeness (QED) is 0.0222. The third-order valence-electron chi connectivity index (χ3n) is 19.3. The lowest BCUT2D eigenvalue weighted by atomic mass is 9.99. The first-order valence-corrected chi connectivity index (χ1v) is 44.3. The van der Waals surface area contributed by atoms with Gasteiger partial charge >= 0.3 is 39.5 Å². The van der Waals surface area contributed by atoms with Crippen LogP contribution in [0.25, 0.3) is 0 Å². The van der Waals surface area contributed by atoms with Crippen LogP contribution < -0.4 is 0 Å². The number of hydrogen-bond acceptors (Lipinski definition) is 15. The molecule has 0 bridgehead atoms. The lowest BCUT2D eigenvalue weighted by molar-refractivity contribution is -0.161. The molecule has 0 saturated carbocycles. The van der Waals surface area contributed by atoms with Gasteiger partial charge in [0.25, 0.3) is 0 Å². The number of unbranched alkanes of at least 4 members (excludes halogenated alkanes) is 41. The summed E-state index contributed by atoms with van der Waals surface area (Å²) in [4.78, 5) is 72.9. The Kier molecular flexibility index (Phi) is 67.8. The molecule has 0 aliphatic heterocycles.